The zero-order chi connectivity index (χ0) is 22.8. The molecule has 4 rings (SSSR count). The molecule has 0 radical (unpaired) electrons. The second kappa shape index (κ2) is 9.36. The molecule has 2 amide bonds. The molecule has 2 aromatic rings. The van der Waals surface area contributed by atoms with Crippen molar-refractivity contribution in [3.8, 4) is 17.2 Å². The molecule has 10 heteroatoms. The lowest BCUT2D eigenvalue weighted by atomic mass is 9.88. The molecule has 2 aliphatic rings. The molecule has 3 N–H and O–H groups in total. The van der Waals surface area contributed by atoms with Crippen LogP contribution < -0.4 is 15.4 Å². The normalized spacial score (nSPS) is 17.4. The van der Waals surface area contributed by atoms with Crippen LogP contribution in [0.1, 0.15) is 37.0 Å². The third-order valence-corrected chi connectivity index (χ3v) is 5.76. The SMILES string of the molecule is CCO[C@@H]1CCCc2c(Oc3c(Cl)cc(NC(=O)C4=NCC(=O)N4)cc3Cl)ccc(O)c21. The van der Waals surface area contributed by atoms with Gasteiger partial charge in [-0.15, -0.1) is 0 Å². The van der Waals surface area contributed by atoms with E-state index in [4.69, 9.17) is 32.7 Å². The minimum atomic E-state index is -0.578. The second-order valence-electron chi connectivity index (χ2n) is 7.35. The fraction of sp³-hybridized carbons (Fsp3) is 0.318. The van der Waals surface area contributed by atoms with Crippen LogP contribution in [0.25, 0.3) is 0 Å². The molecule has 0 spiro atoms. The van der Waals surface area contributed by atoms with Crippen LogP contribution in [0.3, 0.4) is 0 Å². The number of aliphatic imine (C=N–C) groups is 1. The van der Waals surface area contributed by atoms with Gasteiger partial charge in [0.15, 0.2) is 11.6 Å². The zero-order valence-electron chi connectivity index (χ0n) is 17.2. The first-order valence-corrected chi connectivity index (χ1v) is 10.9. The van der Waals surface area contributed by atoms with Gasteiger partial charge in [0, 0.05) is 23.4 Å². The average Bonchev–Trinajstić information content (AvgIpc) is 3.19. The van der Waals surface area contributed by atoms with Crippen LogP contribution in [0.4, 0.5) is 5.69 Å². The summed E-state index contributed by atoms with van der Waals surface area (Å²) >= 11 is 12.8. The van der Waals surface area contributed by atoms with Gasteiger partial charge in [-0.3, -0.25) is 14.6 Å². The van der Waals surface area contributed by atoms with Gasteiger partial charge in [-0.1, -0.05) is 23.2 Å². The van der Waals surface area contributed by atoms with Gasteiger partial charge in [0.1, 0.15) is 18.0 Å². The Morgan fingerprint density at radius 1 is 1.31 bits per heavy atom. The predicted molar refractivity (Wildman–Crippen MR) is 121 cm³/mol. The predicted octanol–water partition coefficient (Wildman–Crippen LogP) is 4.37. The molecule has 1 aliphatic heterocycles. The lowest BCUT2D eigenvalue weighted by Crippen LogP contribution is -2.34. The maximum absolute atomic E-state index is 12.2. The van der Waals surface area contributed by atoms with Gasteiger partial charge in [-0.05, 0) is 50.5 Å². The van der Waals surface area contributed by atoms with Crippen molar-refractivity contribution in [2.75, 3.05) is 18.5 Å². The second-order valence-corrected chi connectivity index (χ2v) is 8.16. The van der Waals surface area contributed by atoms with Crippen LogP contribution in [0.2, 0.25) is 10.0 Å². The summed E-state index contributed by atoms with van der Waals surface area (Å²) in [7, 11) is 0. The number of anilines is 1. The fourth-order valence-electron chi connectivity index (χ4n) is 3.84. The highest BCUT2D eigenvalue weighted by Gasteiger charge is 2.28. The quantitative estimate of drug-likeness (QED) is 0.571. The Labute approximate surface area is 194 Å². The number of carbonyl (C=O) groups excluding carboxylic acids is 2. The first-order chi connectivity index (χ1) is 15.4. The lowest BCUT2D eigenvalue weighted by Gasteiger charge is -2.28. The zero-order valence-corrected chi connectivity index (χ0v) is 18.7. The first-order valence-electron chi connectivity index (χ1n) is 10.2. The molecule has 32 heavy (non-hydrogen) atoms. The molecular formula is C22H21Cl2N3O5. The van der Waals surface area contributed by atoms with Crippen LogP contribution in [-0.4, -0.2) is 35.9 Å². The summed E-state index contributed by atoms with van der Waals surface area (Å²) in [6, 6.07) is 6.23. The molecular weight excluding hydrogens is 457 g/mol. The van der Waals surface area contributed by atoms with E-state index in [2.05, 4.69) is 15.6 Å². The Morgan fingerprint density at radius 3 is 2.72 bits per heavy atom. The number of ether oxygens (including phenoxy) is 2. The molecule has 2 aromatic carbocycles. The van der Waals surface area contributed by atoms with E-state index >= 15 is 0 Å². The van der Waals surface area contributed by atoms with E-state index in [1.807, 2.05) is 6.92 Å². The maximum Gasteiger partial charge on any atom is 0.291 e. The molecule has 1 aliphatic carbocycles. The van der Waals surface area contributed by atoms with Crippen molar-refractivity contribution in [1.82, 2.24) is 5.32 Å². The number of nitrogens with zero attached hydrogens (tertiary/aromatic N) is 1. The first kappa shape index (κ1) is 22.4. The van der Waals surface area contributed by atoms with Gasteiger partial charge in [0.2, 0.25) is 5.91 Å². The molecule has 0 fully saturated rings. The summed E-state index contributed by atoms with van der Waals surface area (Å²) in [6.07, 6.45) is 2.23. The Kier molecular flexibility index (Phi) is 6.55. The van der Waals surface area contributed by atoms with Gasteiger partial charge >= 0.3 is 0 Å². The molecule has 1 atom stereocenters. The average molecular weight is 478 g/mol. The molecule has 1 heterocycles. The summed E-state index contributed by atoms with van der Waals surface area (Å²) in [6.45, 7) is 2.37. The fourth-order valence-corrected chi connectivity index (χ4v) is 4.41. The smallest absolute Gasteiger partial charge is 0.291 e. The van der Waals surface area contributed by atoms with Crippen LogP contribution in [0.15, 0.2) is 29.3 Å². The molecule has 8 nitrogen and oxygen atoms in total. The van der Waals surface area contributed by atoms with Crippen LogP contribution >= 0.6 is 23.2 Å². The standard InChI is InChI=1S/C22H21Cl2N3O5/c1-2-31-17-5-3-4-12-16(7-6-15(28)19(12)17)32-20-13(23)8-11(9-14(20)24)26-22(30)21-25-10-18(29)27-21/h6-9,17,28H,2-5,10H2,1H3,(H,26,30)(H,25,27,29)/t17-/m1/s1. The maximum atomic E-state index is 12.2. The van der Waals surface area contributed by atoms with Gasteiger partial charge in [-0.2, -0.15) is 0 Å². The van der Waals surface area contributed by atoms with Gasteiger partial charge in [-0.25, -0.2) is 0 Å². The van der Waals surface area contributed by atoms with Gasteiger partial charge in [0.25, 0.3) is 5.91 Å². The molecule has 0 saturated heterocycles. The number of phenols is 1. The number of nitrogens with one attached hydrogen (secondary N) is 2. The van der Waals surface area contributed by atoms with Gasteiger partial charge < -0.3 is 25.2 Å². The number of aromatic hydroxyl groups is 1. The summed E-state index contributed by atoms with van der Waals surface area (Å²) in [5.74, 6) is -0.0649. The number of phenolic OH excluding ortho intramolecular Hbond substituents is 1. The number of rotatable bonds is 6. The van der Waals surface area contributed by atoms with E-state index in [-0.39, 0.29) is 45.9 Å². The molecule has 0 bridgehead atoms. The summed E-state index contributed by atoms with van der Waals surface area (Å²) < 4.78 is 11.9. The van der Waals surface area contributed by atoms with Crippen molar-refractivity contribution in [2.45, 2.75) is 32.3 Å². The lowest BCUT2D eigenvalue weighted by molar-refractivity contribution is -0.118. The number of amidine groups is 1. The Balaban J connectivity index is 1.59. The molecule has 0 unspecified atom stereocenters. The summed E-state index contributed by atoms with van der Waals surface area (Å²) in [5.41, 5.74) is 1.91. The minimum absolute atomic E-state index is 0.0675. The minimum Gasteiger partial charge on any atom is -0.508 e. The molecule has 0 aromatic heterocycles. The summed E-state index contributed by atoms with van der Waals surface area (Å²) in [4.78, 5) is 27.3. The Bertz CT molecular complexity index is 1100. The number of benzene rings is 2. The highest BCUT2D eigenvalue weighted by atomic mass is 35.5. The van der Waals surface area contributed by atoms with E-state index in [1.54, 1.807) is 12.1 Å². The van der Waals surface area contributed by atoms with Crippen LogP contribution in [0, 0.1) is 0 Å². The third-order valence-electron chi connectivity index (χ3n) is 5.20. The number of hydrogen-bond acceptors (Lipinski definition) is 6. The van der Waals surface area contributed by atoms with Crippen molar-refractivity contribution >= 4 is 46.5 Å². The van der Waals surface area contributed by atoms with Gasteiger partial charge in [0.05, 0.1) is 16.1 Å². The largest absolute Gasteiger partial charge is 0.508 e. The Morgan fingerprint density at radius 2 is 2.06 bits per heavy atom. The number of hydrogen-bond donors (Lipinski definition) is 3. The monoisotopic (exact) mass is 477 g/mol. The van der Waals surface area contributed by atoms with E-state index in [0.29, 0.717) is 18.0 Å². The van der Waals surface area contributed by atoms with Crippen molar-refractivity contribution < 1.29 is 24.2 Å². The van der Waals surface area contributed by atoms with Crippen LogP contribution in [-0.2, 0) is 20.7 Å². The topological polar surface area (TPSA) is 109 Å². The molecule has 0 saturated carbocycles. The summed E-state index contributed by atoms with van der Waals surface area (Å²) in [5, 5.41) is 15.8. The highest BCUT2D eigenvalue weighted by Crippen LogP contribution is 2.46. The van der Waals surface area contributed by atoms with Crippen molar-refractivity contribution in [1.29, 1.82) is 0 Å². The number of halogens is 2. The van der Waals surface area contributed by atoms with Crippen LogP contribution in [0.5, 0.6) is 17.2 Å². The van der Waals surface area contributed by atoms with E-state index in [1.165, 1.54) is 12.1 Å². The van der Waals surface area contributed by atoms with Crippen molar-refractivity contribution in [3.05, 3.63) is 45.4 Å². The molecule has 168 valence electrons. The number of amides is 2. The highest BCUT2D eigenvalue weighted by molar-refractivity contribution is 6.46. The van der Waals surface area contributed by atoms with Crippen molar-refractivity contribution in [2.24, 2.45) is 4.99 Å². The van der Waals surface area contributed by atoms with E-state index in [0.717, 1.165) is 30.4 Å². The third kappa shape index (κ3) is 4.53. The van der Waals surface area contributed by atoms with E-state index in [9.17, 15) is 14.7 Å². The van der Waals surface area contributed by atoms with E-state index < -0.39 is 5.91 Å². The number of fused-ring (bicyclic) bond motifs is 1. The Hall–Kier alpha value is -2.81. The number of carbonyl (C=O) groups is 2. The van der Waals surface area contributed by atoms with Crippen molar-refractivity contribution in [3.63, 3.8) is 0 Å².